The van der Waals surface area contributed by atoms with E-state index in [2.05, 4.69) is 5.32 Å². The highest BCUT2D eigenvalue weighted by Gasteiger charge is 2.29. The Kier molecular flexibility index (Phi) is 8.84. The molecule has 0 aromatic heterocycles. The van der Waals surface area contributed by atoms with Crippen LogP contribution in [0.3, 0.4) is 0 Å². The molecule has 0 aliphatic carbocycles. The highest BCUT2D eigenvalue weighted by Crippen LogP contribution is 2.33. The number of hydrogen-bond donors (Lipinski definition) is 1. The van der Waals surface area contributed by atoms with E-state index < -0.39 is 22.5 Å². The van der Waals surface area contributed by atoms with Gasteiger partial charge in [0.25, 0.3) is 10.0 Å². The molecule has 8 nitrogen and oxygen atoms in total. The van der Waals surface area contributed by atoms with Crippen LogP contribution in [0.15, 0.2) is 71.6 Å². The number of benzene rings is 3. The minimum atomic E-state index is -4.11. The van der Waals surface area contributed by atoms with E-state index in [1.54, 1.807) is 49.4 Å². The first-order valence-corrected chi connectivity index (χ1v) is 12.6. The van der Waals surface area contributed by atoms with Crippen molar-refractivity contribution in [1.82, 2.24) is 5.32 Å². The molecule has 0 radical (unpaired) electrons. The van der Waals surface area contributed by atoms with E-state index in [4.69, 9.17) is 25.8 Å². The molecule has 0 aliphatic rings. The van der Waals surface area contributed by atoms with Crippen LogP contribution in [0.2, 0.25) is 5.02 Å². The van der Waals surface area contributed by atoms with Crippen molar-refractivity contribution in [1.29, 1.82) is 0 Å². The zero-order valence-corrected chi connectivity index (χ0v) is 21.2. The maximum absolute atomic E-state index is 13.6. The van der Waals surface area contributed by atoms with Crippen molar-refractivity contribution >= 4 is 33.2 Å². The summed E-state index contributed by atoms with van der Waals surface area (Å²) >= 11 is 5.94. The predicted octanol–water partition coefficient (Wildman–Crippen LogP) is 4.27. The topological polar surface area (TPSA) is 94.2 Å². The monoisotopic (exact) mass is 518 g/mol. The molecule has 0 saturated heterocycles. The van der Waals surface area contributed by atoms with Crippen molar-refractivity contribution in [2.75, 3.05) is 31.7 Å². The van der Waals surface area contributed by atoms with Gasteiger partial charge in [-0.1, -0.05) is 29.8 Å². The molecule has 1 N–H and O–H groups in total. The molecule has 186 valence electrons. The van der Waals surface area contributed by atoms with Gasteiger partial charge in [-0.05, 0) is 61.0 Å². The van der Waals surface area contributed by atoms with Crippen molar-refractivity contribution in [2.24, 2.45) is 0 Å². The summed E-state index contributed by atoms with van der Waals surface area (Å²) in [5.41, 5.74) is 1.02. The summed E-state index contributed by atoms with van der Waals surface area (Å²) in [4.78, 5) is 12.9. The molecule has 10 heteroatoms. The van der Waals surface area contributed by atoms with Crippen LogP contribution >= 0.6 is 11.6 Å². The lowest BCUT2D eigenvalue weighted by Crippen LogP contribution is -2.40. The number of sulfonamides is 1. The quantitative estimate of drug-likeness (QED) is 0.407. The van der Waals surface area contributed by atoms with Gasteiger partial charge >= 0.3 is 0 Å². The van der Waals surface area contributed by atoms with Crippen molar-refractivity contribution < 1.29 is 27.4 Å². The third-order valence-corrected chi connectivity index (χ3v) is 7.09. The number of carbonyl (C=O) groups is 1. The molecule has 0 unspecified atom stereocenters. The lowest BCUT2D eigenvalue weighted by atomic mass is 10.2. The Bertz CT molecular complexity index is 1270. The van der Waals surface area contributed by atoms with Crippen molar-refractivity contribution in [3.05, 3.63) is 77.3 Å². The molecule has 0 fully saturated rings. The lowest BCUT2D eigenvalue weighted by molar-refractivity contribution is -0.119. The Balaban J connectivity index is 1.89. The van der Waals surface area contributed by atoms with E-state index >= 15 is 0 Å². The van der Waals surface area contributed by atoms with E-state index in [-0.39, 0.29) is 17.1 Å². The molecule has 1 amide bonds. The number of para-hydroxylation sites is 2. The third kappa shape index (κ3) is 6.37. The normalized spacial score (nSPS) is 11.0. The molecule has 0 spiro atoms. The first-order valence-electron chi connectivity index (χ1n) is 10.8. The number of rotatable bonds is 11. The number of nitrogens with one attached hydrogen (secondary N) is 1. The van der Waals surface area contributed by atoms with Gasteiger partial charge in [-0.3, -0.25) is 9.10 Å². The highest BCUT2D eigenvalue weighted by molar-refractivity contribution is 7.92. The van der Waals surface area contributed by atoms with Gasteiger partial charge in [0.1, 0.15) is 12.3 Å². The highest BCUT2D eigenvalue weighted by atomic mass is 35.5. The summed E-state index contributed by atoms with van der Waals surface area (Å²) in [5, 5.41) is 3.17. The number of hydrogen-bond acceptors (Lipinski definition) is 6. The Morgan fingerprint density at radius 3 is 2.29 bits per heavy atom. The van der Waals surface area contributed by atoms with E-state index in [0.717, 1.165) is 9.87 Å². The average Bonchev–Trinajstić information content (AvgIpc) is 2.86. The van der Waals surface area contributed by atoms with Gasteiger partial charge in [0.2, 0.25) is 5.91 Å². The maximum atomic E-state index is 13.6. The fourth-order valence-electron chi connectivity index (χ4n) is 3.35. The van der Waals surface area contributed by atoms with Crippen LogP contribution < -0.4 is 23.8 Å². The Morgan fingerprint density at radius 1 is 0.943 bits per heavy atom. The van der Waals surface area contributed by atoms with Crippen LogP contribution in [-0.4, -0.2) is 41.7 Å². The van der Waals surface area contributed by atoms with E-state index in [1.807, 2.05) is 0 Å². The summed E-state index contributed by atoms with van der Waals surface area (Å²) in [5.74, 6) is 0.941. The SMILES string of the molecule is CCOc1ccccc1N(CC(=O)NCc1ccc(OC)c(OC)c1)S(=O)(=O)c1ccc(Cl)cc1. The van der Waals surface area contributed by atoms with E-state index in [1.165, 1.54) is 38.5 Å². The number of anilines is 1. The van der Waals surface area contributed by atoms with E-state index in [9.17, 15) is 13.2 Å². The number of methoxy groups -OCH3 is 2. The van der Waals surface area contributed by atoms with Crippen molar-refractivity contribution in [3.63, 3.8) is 0 Å². The minimum absolute atomic E-state index is 0.000826. The fraction of sp³-hybridized carbons (Fsp3) is 0.240. The van der Waals surface area contributed by atoms with Gasteiger partial charge < -0.3 is 19.5 Å². The summed E-state index contributed by atoms with van der Waals surface area (Å²) < 4.78 is 44.4. The van der Waals surface area contributed by atoms with Gasteiger partial charge in [0.15, 0.2) is 11.5 Å². The second-order valence-electron chi connectivity index (χ2n) is 7.33. The molecule has 0 heterocycles. The number of nitrogens with zero attached hydrogens (tertiary/aromatic N) is 1. The van der Waals surface area contributed by atoms with Gasteiger partial charge in [-0.15, -0.1) is 0 Å². The number of amides is 1. The standard InChI is InChI=1S/C25H27ClN2O6S/c1-4-34-22-8-6-5-7-21(22)28(35(30,31)20-12-10-19(26)11-13-20)17-25(29)27-16-18-9-14-23(32-2)24(15-18)33-3/h5-15H,4,16-17H2,1-3H3,(H,27,29). The Labute approximate surface area is 210 Å². The smallest absolute Gasteiger partial charge is 0.264 e. The molecule has 0 saturated carbocycles. The molecule has 0 atom stereocenters. The van der Waals surface area contributed by atoms with Gasteiger partial charge in [-0.25, -0.2) is 8.42 Å². The second-order valence-corrected chi connectivity index (χ2v) is 9.63. The molecular weight excluding hydrogens is 492 g/mol. The molecule has 3 aromatic rings. The zero-order valence-electron chi connectivity index (χ0n) is 19.7. The van der Waals surface area contributed by atoms with Crippen LogP contribution in [0.4, 0.5) is 5.69 Å². The fourth-order valence-corrected chi connectivity index (χ4v) is 4.91. The molecular formula is C25H27ClN2O6S. The van der Waals surface area contributed by atoms with Crippen molar-refractivity contribution in [2.45, 2.75) is 18.4 Å². The average molecular weight is 519 g/mol. The third-order valence-electron chi connectivity index (χ3n) is 5.06. The van der Waals surface area contributed by atoms with Crippen LogP contribution in [0.5, 0.6) is 17.2 Å². The molecule has 3 rings (SSSR count). The minimum Gasteiger partial charge on any atom is -0.493 e. The number of ether oxygens (including phenoxy) is 3. The van der Waals surface area contributed by atoms with Gasteiger partial charge in [0, 0.05) is 11.6 Å². The lowest BCUT2D eigenvalue weighted by Gasteiger charge is -2.26. The summed E-state index contributed by atoms with van der Waals surface area (Å²) in [6.07, 6.45) is 0. The van der Waals surface area contributed by atoms with Crippen molar-refractivity contribution in [3.8, 4) is 17.2 Å². The van der Waals surface area contributed by atoms with Crippen LogP contribution in [-0.2, 0) is 21.4 Å². The molecule has 35 heavy (non-hydrogen) atoms. The van der Waals surface area contributed by atoms with E-state index in [0.29, 0.717) is 28.9 Å². The largest absolute Gasteiger partial charge is 0.493 e. The van der Waals surface area contributed by atoms with Crippen LogP contribution in [0.1, 0.15) is 12.5 Å². The summed E-state index contributed by atoms with van der Waals surface area (Å²) in [6, 6.07) is 17.7. The zero-order chi connectivity index (χ0) is 25.4. The first kappa shape index (κ1) is 26.2. The Hall–Kier alpha value is -3.43. The predicted molar refractivity (Wildman–Crippen MR) is 135 cm³/mol. The molecule has 3 aromatic carbocycles. The first-order chi connectivity index (χ1) is 16.8. The number of carbonyl (C=O) groups excluding carboxylic acids is 1. The maximum Gasteiger partial charge on any atom is 0.264 e. The van der Waals surface area contributed by atoms with Gasteiger partial charge in [0.05, 0.1) is 31.4 Å². The number of halogens is 1. The Morgan fingerprint density at radius 2 is 1.63 bits per heavy atom. The van der Waals surface area contributed by atoms with Gasteiger partial charge in [-0.2, -0.15) is 0 Å². The van der Waals surface area contributed by atoms with Crippen LogP contribution in [0.25, 0.3) is 0 Å². The summed E-state index contributed by atoms with van der Waals surface area (Å²) in [6.45, 7) is 1.84. The molecule has 0 bridgehead atoms. The van der Waals surface area contributed by atoms with Crippen LogP contribution in [0, 0.1) is 0 Å². The second kappa shape index (κ2) is 11.8. The molecule has 0 aliphatic heterocycles. The summed E-state index contributed by atoms with van der Waals surface area (Å²) in [7, 11) is -1.05.